The molecule has 3 atom stereocenters. The van der Waals surface area contributed by atoms with Crippen molar-refractivity contribution in [1.82, 2.24) is 9.80 Å². The molecule has 1 saturated carbocycles. The quantitative estimate of drug-likeness (QED) is 0.710. The van der Waals surface area contributed by atoms with Gasteiger partial charge in [-0.2, -0.15) is 0 Å². The summed E-state index contributed by atoms with van der Waals surface area (Å²) in [6, 6.07) is 6.62. The van der Waals surface area contributed by atoms with Crippen molar-refractivity contribution in [3.8, 4) is 0 Å². The Morgan fingerprint density at radius 2 is 1.54 bits per heavy atom. The van der Waals surface area contributed by atoms with Gasteiger partial charge in [0.2, 0.25) is 5.91 Å². The van der Waals surface area contributed by atoms with Crippen LogP contribution in [0.3, 0.4) is 0 Å². The minimum Gasteiger partial charge on any atom is -0.338 e. The van der Waals surface area contributed by atoms with Gasteiger partial charge in [-0.1, -0.05) is 42.1 Å². The Kier molecular flexibility index (Phi) is 5.78. The van der Waals surface area contributed by atoms with Crippen LogP contribution in [-0.4, -0.2) is 47.4 Å². The van der Waals surface area contributed by atoms with E-state index >= 15 is 0 Å². The Hall–Kier alpha value is -0.770. The van der Waals surface area contributed by atoms with Gasteiger partial charge in [-0.15, -0.1) is 0 Å². The molecular formula is C21H28Cl2N2O. The molecule has 1 aliphatic carbocycles. The van der Waals surface area contributed by atoms with Gasteiger partial charge in [-0.25, -0.2) is 0 Å². The number of benzene rings is 1. The van der Waals surface area contributed by atoms with E-state index in [0.717, 1.165) is 31.4 Å². The average molecular weight is 395 g/mol. The average Bonchev–Trinajstić information content (AvgIpc) is 3.19. The van der Waals surface area contributed by atoms with Crippen LogP contribution in [0.4, 0.5) is 0 Å². The van der Waals surface area contributed by atoms with Crippen molar-refractivity contribution < 1.29 is 4.79 Å². The summed E-state index contributed by atoms with van der Waals surface area (Å²) in [6.07, 6.45) is 9.54. The molecular weight excluding hydrogens is 367 g/mol. The van der Waals surface area contributed by atoms with Gasteiger partial charge in [0, 0.05) is 18.6 Å². The van der Waals surface area contributed by atoms with Crippen LogP contribution in [0, 0.1) is 0 Å². The largest absolute Gasteiger partial charge is 0.338 e. The summed E-state index contributed by atoms with van der Waals surface area (Å²) in [5, 5.41) is 1.10. The molecule has 3 fully saturated rings. The molecule has 5 heteroatoms. The van der Waals surface area contributed by atoms with Gasteiger partial charge >= 0.3 is 0 Å². The molecule has 2 aliphatic heterocycles. The summed E-state index contributed by atoms with van der Waals surface area (Å²) < 4.78 is 0. The molecule has 3 aliphatic rings. The third-order valence-corrected chi connectivity index (χ3v) is 7.26. The highest BCUT2D eigenvalue weighted by Gasteiger charge is 2.40. The fraction of sp³-hybridized carbons (Fsp3) is 0.667. The molecule has 2 saturated heterocycles. The van der Waals surface area contributed by atoms with Crippen molar-refractivity contribution in [1.29, 1.82) is 0 Å². The van der Waals surface area contributed by atoms with Gasteiger partial charge in [0.05, 0.1) is 16.0 Å². The topological polar surface area (TPSA) is 23.6 Å². The molecule has 1 amide bonds. The summed E-state index contributed by atoms with van der Waals surface area (Å²) in [7, 11) is 0. The van der Waals surface area contributed by atoms with Gasteiger partial charge in [0.1, 0.15) is 0 Å². The molecule has 0 aromatic heterocycles. The Labute approximate surface area is 166 Å². The lowest BCUT2D eigenvalue weighted by Crippen LogP contribution is -2.56. The zero-order valence-electron chi connectivity index (χ0n) is 15.3. The van der Waals surface area contributed by atoms with Crippen molar-refractivity contribution in [3.63, 3.8) is 0 Å². The number of halogens is 2. The molecule has 1 aromatic rings. The molecule has 0 spiro atoms. The fourth-order valence-corrected chi connectivity index (χ4v) is 5.53. The smallest absolute Gasteiger partial charge is 0.230 e. The lowest BCUT2D eigenvalue weighted by Gasteiger charge is -2.46. The van der Waals surface area contributed by atoms with Crippen molar-refractivity contribution >= 4 is 29.1 Å². The second-order valence-electron chi connectivity index (χ2n) is 8.06. The first-order valence-corrected chi connectivity index (χ1v) is 10.9. The highest BCUT2D eigenvalue weighted by Crippen LogP contribution is 2.36. The number of likely N-dealkylation sites (tertiary alicyclic amines) is 2. The minimum atomic E-state index is -0.0697. The van der Waals surface area contributed by atoms with Crippen molar-refractivity contribution in [3.05, 3.63) is 33.8 Å². The maximum absolute atomic E-state index is 13.4. The first-order chi connectivity index (χ1) is 12.6. The lowest BCUT2D eigenvalue weighted by molar-refractivity contribution is -0.140. The Morgan fingerprint density at radius 1 is 0.808 bits per heavy atom. The zero-order chi connectivity index (χ0) is 18.1. The van der Waals surface area contributed by atoms with E-state index in [0.29, 0.717) is 28.0 Å². The summed E-state index contributed by atoms with van der Waals surface area (Å²) in [4.78, 5) is 18.3. The SMILES string of the molecule is O=C1C(c2ccc(Cl)c(Cl)c2)CCCN1[C@@H]1CCCC[C@H]1N1CCCC1. The number of hydrogen-bond donors (Lipinski definition) is 0. The zero-order valence-corrected chi connectivity index (χ0v) is 16.8. The van der Waals surface area contributed by atoms with E-state index in [4.69, 9.17) is 23.2 Å². The molecule has 1 unspecified atom stereocenters. The van der Waals surface area contributed by atoms with E-state index in [1.807, 2.05) is 18.2 Å². The number of piperidine rings is 1. The van der Waals surface area contributed by atoms with E-state index in [1.54, 1.807) is 0 Å². The number of amides is 1. The number of carbonyl (C=O) groups excluding carboxylic acids is 1. The monoisotopic (exact) mass is 394 g/mol. The minimum absolute atomic E-state index is 0.0697. The van der Waals surface area contributed by atoms with Crippen LogP contribution in [0.25, 0.3) is 0 Å². The molecule has 4 rings (SSSR count). The normalized spacial score (nSPS) is 30.8. The number of carbonyl (C=O) groups is 1. The maximum Gasteiger partial charge on any atom is 0.230 e. The number of hydrogen-bond acceptors (Lipinski definition) is 2. The molecule has 0 radical (unpaired) electrons. The number of rotatable bonds is 3. The number of nitrogens with zero attached hydrogens (tertiary/aromatic N) is 2. The van der Waals surface area contributed by atoms with Crippen molar-refractivity contribution in [2.24, 2.45) is 0 Å². The van der Waals surface area contributed by atoms with E-state index in [2.05, 4.69) is 9.80 Å². The molecule has 1 aromatic carbocycles. The molecule has 26 heavy (non-hydrogen) atoms. The Morgan fingerprint density at radius 3 is 2.27 bits per heavy atom. The van der Waals surface area contributed by atoms with Gasteiger partial charge < -0.3 is 4.90 Å². The molecule has 142 valence electrons. The molecule has 2 heterocycles. The first kappa shape index (κ1) is 18.6. The first-order valence-electron chi connectivity index (χ1n) is 10.1. The highest BCUT2D eigenvalue weighted by molar-refractivity contribution is 6.42. The van der Waals surface area contributed by atoms with E-state index in [-0.39, 0.29) is 5.92 Å². The maximum atomic E-state index is 13.4. The third-order valence-electron chi connectivity index (χ3n) is 6.52. The Balaban J connectivity index is 1.55. The highest BCUT2D eigenvalue weighted by atomic mass is 35.5. The van der Waals surface area contributed by atoms with Crippen molar-refractivity contribution in [2.75, 3.05) is 19.6 Å². The Bertz CT molecular complexity index is 659. The second kappa shape index (κ2) is 8.08. The predicted molar refractivity (Wildman–Crippen MR) is 107 cm³/mol. The van der Waals surface area contributed by atoms with Gasteiger partial charge in [-0.05, 0) is 69.3 Å². The molecule has 0 N–H and O–H groups in total. The van der Waals surface area contributed by atoms with Crippen molar-refractivity contribution in [2.45, 2.75) is 69.4 Å². The van der Waals surface area contributed by atoms with Crippen LogP contribution in [0.15, 0.2) is 18.2 Å². The lowest BCUT2D eigenvalue weighted by atomic mass is 9.83. The van der Waals surface area contributed by atoms with Gasteiger partial charge in [-0.3, -0.25) is 9.69 Å². The van der Waals surface area contributed by atoms with Crippen LogP contribution >= 0.6 is 23.2 Å². The second-order valence-corrected chi connectivity index (χ2v) is 8.88. The molecule has 0 bridgehead atoms. The summed E-state index contributed by atoms with van der Waals surface area (Å²) in [5.74, 6) is 0.227. The van der Waals surface area contributed by atoms with Crippen LogP contribution < -0.4 is 0 Å². The summed E-state index contributed by atoms with van der Waals surface area (Å²) in [6.45, 7) is 3.32. The summed E-state index contributed by atoms with van der Waals surface area (Å²) >= 11 is 12.3. The fourth-order valence-electron chi connectivity index (χ4n) is 5.22. The third kappa shape index (κ3) is 3.63. The van der Waals surface area contributed by atoms with Gasteiger partial charge in [0.15, 0.2) is 0 Å². The predicted octanol–water partition coefficient (Wildman–Crippen LogP) is 5.11. The van der Waals surface area contributed by atoms with Crippen LogP contribution in [0.5, 0.6) is 0 Å². The standard InChI is InChI=1S/C21H28Cl2N2O/c22-17-10-9-15(14-18(17)23)16-6-5-13-25(21(16)26)20-8-2-1-7-19(20)24-11-3-4-12-24/h9-10,14,16,19-20H,1-8,11-13H2/t16?,19-,20-/m1/s1. The van der Waals surface area contributed by atoms with Gasteiger partial charge in [0.25, 0.3) is 0 Å². The van der Waals surface area contributed by atoms with Crippen LogP contribution in [0.2, 0.25) is 10.0 Å². The summed E-state index contributed by atoms with van der Waals surface area (Å²) in [5.41, 5.74) is 1.02. The van der Waals surface area contributed by atoms with Crippen LogP contribution in [-0.2, 0) is 4.79 Å². The van der Waals surface area contributed by atoms with Crippen LogP contribution in [0.1, 0.15) is 62.8 Å². The van der Waals surface area contributed by atoms with E-state index in [1.165, 1.54) is 45.2 Å². The van der Waals surface area contributed by atoms with E-state index in [9.17, 15) is 4.79 Å². The molecule has 3 nitrogen and oxygen atoms in total. The van der Waals surface area contributed by atoms with E-state index < -0.39 is 0 Å².